The summed E-state index contributed by atoms with van der Waals surface area (Å²) in [7, 11) is 0. The molecule has 0 saturated carbocycles. The van der Waals surface area contributed by atoms with Gasteiger partial charge in [0.05, 0.1) is 0 Å². The topological polar surface area (TPSA) is 38.0 Å². The van der Waals surface area contributed by atoms with Gasteiger partial charge in [-0.1, -0.05) is 36.5 Å². The van der Waals surface area contributed by atoms with Crippen molar-refractivity contribution in [2.24, 2.45) is 5.73 Å². The van der Waals surface area contributed by atoms with Gasteiger partial charge < -0.3 is 11.1 Å². The van der Waals surface area contributed by atoms with Crippen molar-refractivity contribution in [1.82, 2.24) is 0 Å². The highest BCUT2D eigenvalue weighted by atomic mass is 79.9. The van der Waals surface area contributed by atoms with Crippen molar-refractivity contribution in [3.05, 3.63) is 57.6 Å². The lowest BCUT2D eigenvalue weighted by atomic mass is 10.1. The highest BCUT2D eigenvalue weighted by Gasteiger charge is 2.11. The third-order valence-corrected chi connectivity index (χ3v) is 3.87. The average Bonchev–Trinajstić information content (AvgIpc) is 2.33. The zero-order valence-electron chi connectivity index (χ0n) is 10.8. The van der Waals surface area contributed by atoms with Crippen LogP contribution in [0.2, 0.25) is 0 Å². The van der Waals surface area contributed by atoms with Gasteiger partial charge in [-0.2, -0.15) is 0 Å². The van der Waals surface area contributed by atoms with E-state index in [0.717, 1.165) is 21.4 Å². The van der Waals surface area contributed by atoms with E-state index in [1.54, 1.807) is 0 Å². The molecule has 2 nitrogen and oxygen atoms in total. The number of nitrogens with two attached hydrogens (primary N) is 1. The first-order valence-electron chi connectivity index (χ1n) is 5.92. The maximum absolute atomic E-state index is 5.81. The predicted molar refractivity (Wildman–Crippen MR) is 89.2 cm³/mol. The van der Waals surface area contributed by atoms with Crippen LogP contribution in [-0.2, 0) is 0 Å². The Morgan fingerprint density at radius 2 is 1.68 bits per heavy atom. The highest BCUT2D eigenvalue weighted by molar-refractivity contribution is 9.10. The summed E-state index contributed by atoms with van der Waals surface area (Å²) in [5.41, 5.74) is 11.0. The van der Waals surface area contributed by atoms with E-state index in [0.29, 0.717) is 4.99 Å². The second-order valence-electron chi connectivity index (χ2n) is 4.42. The number of rotatable bonds is 3. The molecule has 0 aliphatic carbocycles. The number of hydrogen-bond donors (Lipinski definition) is 2. The highest BCUT2D eigenvalue weighted by Crippen LogP contribution is 2.30. The summed E-state index contributed by atoms with van der Waals surface area (Å²) in [5.74, 6) is 0. The van der Waals surface area contributed by atoms with Crippen molar-refractivity contribution in [2.75, 3.05) is 5.32 Å². The fourth-order valence-corrected chi connectivity index (χ4v) is 2.96. The Labute approximate surface area is 127 Å². The first-order chi connectivity index (χ1) is 9.00. The molecule has 0 aliphatic rings. The molecule has 3 N–H and O–H groups in total. The predicted octanol–water partition coefficient (Wildman–Crippen LogP) is 4.44. The smallest absolute Gasteiger partial charge is 0.107 e. The third kappa shape index (κ3) is 2.96. The SMILES string of the molecule is Cc1cccc(C)c1Nc1cccc(Br)c1C(N)=S. The molecular formula is C15H15BrN2S. The van der Waals surface area contributed by atoms with Gasteiger partial charge in [0, 0.05) is 21.4 Å². The van der Waals surface area contributed by atoms with Gasteiger partial charge in [-0.05, 0) is 53.0 Å². The molecule has 0 heterocycles. The molecule has 0 unspecified atom stereocenters. The molecule has 0 saturated heterocycles. The summed E-state index contributed by atoms with van der Waals surface area (Å²) in [6.45, 7) is 4.15. The Kier molecular flexibility index (Phi) is 4.22. The van der Waals surface area contributed by atoms with Crippen LogP contribution in [0.1, 0.15) is 16.7 Å². The van der Waals surface area contributed by atoms with E-state index in [2.05, 4.69) is 47.2 Å². The van der Waals surface area contributed by atoms with Crippen molar-refractivity contribution >= 4 is 44.5 Å². The van der Waals surface area contributed by atoms with Crippen LogP contribution in [0.3, 0.4) is 0 Å². The van der Waals surface area contributed by atoms with E-state index in [4.69, 9.17) is 18.0 Å². The van der Waals surface area contributed by atoms with E-state index in [1.807, 2.05) is 24.3 Å². The fourth-order valence-electron chi connectivity index (χ4n) is 2.03. The van der Waals surface area contributed by atoms with Gasteiger partial charge in [-0.25, -0.2) is 0 Å². The van der Waals surface area contributed by atoms with Gasteiger partial charge >= 0.3 is 0 Å². The number of anilines is 2. The fraction of sp³-hybridized carbons (Fsp3) is 0.133. The standard InChI is InChI=1S/C15H15BrN2S/c1-9-5-3-6-10(2)14(9)18-12-8-4-7-11(16)13(12)15(17)19/h3-8,18H,1-2H3,(H2,17,19). The molecule has 2 rings (SSSR count). The van der Waals surface area contributed by atoms with Crippen LogP contribution >= 0.6 is 28.1 Å². The molecule has 2 aromatic carbocycles. The lowest BCUT2D eigenvalue weighted by Crippen LogP contribution is -2.13. The van der Waals surface area contributed by atoms with E-state index in [-0.39, 0.29) is 0 Å². The Balaban J connectivity index is 2.50. The number of thiocarbonyl (C=S) groups is 1. The van der Waals surface area contributed by atoms with Crippen LogP contribution in [0, 0.1) is 13.8 Å². The minimum atomic E-state index is 0.376. The van der Waals surface area contributed by atoms with Crippen LogP contribution in [0.15, 0.2) is 40.9 Å². The lowest BCUT2D eigenvalue weighted by Gasteiger charge is -2.16. The summed E-state index contributed by atoms with van der Waals surface area (Å²) in [4.78, 5) is 0.376. The molecule has 0 aliphatic heterocycles. The normalized spacial score (nSPS) is 10.3. The molecule has 0 amide bonds. The quantitative estimate of drug-likeness (QED) is 0.814. The van der Waals surface area contributed by atoms with Crippen LogP contribution < -0.4 is 11.1 Å². The summed E-state index contributed by atoms with van der Waals surface area (Å²) in [6, 6.07) is 12.1. The minimum absolute atomic E-state index is 0.376. The van der Waals surface area contributed by atoms with Crippen LogP contribution in [0.4, 0.5) is 11.4 Å². The molecular weight excluding hydrogens is 320 g/mol. The monoisotopic (exact) mass is 334 g/mol. The number of aryl methyl sites for hydroxylation is 2. The van der Waals surface area contributed by atoms with Crippen molar-refractivity contribution in [3.8, 4) is 0 Å². The van der Waals surface area contributed by atoms with Gasteiger partial charge in [-0.15, -0.1) is 0 Å². The molecule has 0 spiro atoms. The molecule has 0 aromatic heterocycles. The summed E-state index contributed by atoms with van der Waals surface area (Å²) in [6.07, 6.45) is 0. The number of halogens is 1. The van der Waals surface area contributed by atoms with Crippen molar-refractivity contribution < 1.29 is 0 Å². The summed E-state index contributed by atoms with van der Waals surface area (Å²) < 4.78 is 0.899. The van der Waals surface area contributed by atoms with E-state index in [9.17, 15) is 0 Å². The maximum Gasteiger partial charge on any atom is 0.107 e. The third-order valence-electron chi connectivity index (χ3n) is 3.00. The van der Waals surface area contributed by atoms with E-state index < -0.39 is 0 Å². The van der Waals surface area contributed by atoms with Crippen molar-refractivity contribution in [2.45, 2.75) is 13.8 Å². The van der Waals surface area contributed by atoms with Crippen molar-refractivity contribution in [1.29, 1.82) is 0 Å². The molecule has 98 valence electrons. The average molecular weight is 335 g/mol. The zero-order chi connectivity index (χ0) is 14.0. The molecule has 0 fully saturated rings. The Bertz CT molecular complexity index is 618. The first-order valence-corrected chi connectivity index (χ1v) is 7.12. The van der Waals surface area contributed by atoms with Gasteiger partial charge in [0.15, 0.2) is 0 Å². The Morgan fingerprint density at radius 1 is 1.11 bits per heavy atom. The molecule has 0 radical (unpaired) electrons. The largest absolute Gasteiger partial charge is 0.389 e. The lowest BCUT2D eigenvalue weighted by molar-refractivity contribution is 1.35. The number of benzene rings is 2. The maximum atomic E-state index is 5.81. The van der Waals surface area contributed by atoms with Crippen molar-refractivity contribution in [3.63, 3.8) is 0 Å². The summed E-state index contributed by atoms with van der Waals surface area (Å²) in [5, 5.41) is 3.43. The molecule has 2 aromatic rings. The van der Waals surface area contributed by atoms with E-state index in [1.165, 1.54) is 11.1 Å². The Morgan fingerprint density at radius 3 is 2.26 bits per heavy atom. The number of para-hydroxylation sites is 1. The molecule has 4 heteroatoms. The van der Waals surface area contributed by atoms with Crippen LogP contribution in [0.25, 0.3) is 0 Å². The minimum Gasteiger partial charge on any atom is -0.389 e. The Hall–Kier alpha value is -1.39. The van der Waals surface area contributed by atoms with Crippen LogP contribution in [-0.4, -0.2) is 4.99 Å². The number of hydrogen-bond acceptors (Lipinski definition) is 2. The second-order valence-corrected chi connectivity index (χ2v) is 5.71. The molecule has 19 heavy (non-hydrogen) atoms. The van der Waals surface area contributed by atoms with Gasteiger partial charge in [0.25, 0.3) is 0 Å². The van der Waals surface area contributed by atoms with Gasteiger partial charge in [-0.3, -0.25) is 0 Å². The molecule has 0 atom stereocenters. The molecule has 0 bridgehead atoms. The zero-order valence-corrected chi connectivity index (χ0v) is 13.2. The van der Waals surface area contributed by atoms with Gasteiger partial charge in [0.1, 0.15) is 4.99 Å². The van der Waals surface area contributed by atoms with E-state index >= 15 is 0 Å². The van der Waals surface area contributed by atoms with Gasteiger partial charge in [0.2, 0.25) is 0 Å². The first kappa shape index (κ1) is 14.0. The number of nitrogens with one attached hydrogen (secondary N) is 1. The second kappa shape index (κ2) is 5.72. The van der Waals surface area contributed by atoms with Crippen LogP contribution in [0.5, 0.6) is 0 Å². The summed E-state index contributed by atoms with van der Waals surface area (Å²) >= 11 is 8.62.